The highest BCUT2D eigenvalue weighted by Crippen LogP contribution is 2.26. The lowest BCUT2D eigenvalue weighted by molar-refractivity contribution is 0.100. The normalized spacial score (nSPS) is 11.1. The van der Waals surface area contributed by atoms with Crippen LogP contribution in [0.15, 0.2) is 51.8 Å². The molecule has 0 aliphatic heterocycles. The lowest BCUT2D eigenvalue weighted by atomic mass is 10.2. The number of carbonyl (C=O) groups is 1. The van der Waals surface area contributed by atoms with E-state index in [0.29, 0.717) is 9.50 Å². The van der Waals surface area contributed by atoms with Gasteiger partial charge in [-0.2, -0.15) is 0 Å². The molecule has 0 saturated heterocycles. The molecular formula is C13H10BrClN2O3S. The van der Waals surface area contributed by atoms with Gasteiger partial charge in [-0.1, -0.05) is 17.7 Å². The molecule has 8 heteroatoms. The summed E-state index contributed by atoms with van der Waals surface area (Å²) >= 11 is 9.00. The molecule has 0 heterocycles. The molecule has 2 rings (SSSR count). The lowest BCUT2D eigenvalue weighted by Gasteiger charge is -2.09. The topological polar surface area (TPSA) is 89.3 Å². The van der Waals surface area contributed by atoms with Crippen LogP contribution in [0, 0.1) is 0 Å². The number of rotatable bonds is 4. The molecule has 0 bridgehead atoms. The largest absolute Gasteiger partial charge is 0.366 e. The maximum absolute atomic E-state index is 12.3. The maximum Gasteiger partial charge on any atom is 0.261 e. The molecule has 0 aliphatic carbocycles. The molecule has 0 spiro atoms. The Hall–Kier alpha value is -1.57. The van der Waals surface area contributed by atoms with E-state index in [9.17, 15) is 13.2 Å². The van der Waals surface area contributed by atoms with Crippen molar-refractivity contribution in [2.45, 2.75) is 4.90 Å². The number of hydrogen-bond acceptors (Lipinski definition) is 3. The Labute approximate surface area is 135 Å². The fourth-order valence-corrected chi connectivity index (χ4v) is 3.32. The first-order chi connectivity index (χ1) is 9.79. The van der Waals surface area contributed by atoms with Gasteiger partial charge in [0, 0.05) is 15.7 Å². The first kappa shape index (κ1) is 15.8. The zero-order chi connectivity index (χ0) is 15.6. The van der Waals surface area contributed by atoms with Crippen molar-refractivity contribution in [3.8, 4) is 0 Å². The standard InChI is InChI=1S/C13H10BrClN2O3S/c14-11-7-10(4-5-12(11)15)21(19,20)17-9-3-1-2-8(6-9)13(16)18/h1-7,17H,(H2,16,18). The first-order valence-electron chi connectivity index (χ1n) is 5.67. The second kappa shape index (κ2) is 6.05. The second-order valence-electron chi connectivity index (χ2n) is 4.13. The van der Waals surface area contributed by atoms with Crippen LogP contribution in [0.2, 0.25) is 5.02 Å². The number of sulfonamides is 1. The minimum Gasteiger partial charge on any atom is -0.366 e. The molecule has 3 N–H and O–H groups in total. The third-order valence-electron chi connectivity index (χ3n) is 2.60. The van der Waals surface area contributed by atoms with E-state index >= 15 is 0 Å². The number of primary amides is 1. The summed E-state index contributed by atoms with van der Waals surface area (Å²) in [6.45, 7) is 0. The van der Waals surface area contributed by atoms with Crippen molar-refractivity contribution < 1.29 is 13.2 Å². The minimum absolute atomic E-state index is 0.0447. The van der Waals surface area contributed by atoms with E-state index in [1.165, 1.54) is 42.5 Å². The molecule has 110 valence electrons. The molecular weight excluding hydrogens is 380 g/mol. The molecule has 0 aliphatic rings. The molecule has 1 amide bonds. The highest BCUT2D eigenvalue weighted by Gasteiger charge is 2.16. The van der Waals surface area contributed by atoms with Gasteiger partial charge in [0.25, 0.3) is 10.0 Å². The van der Waals surface area contributed by atoms with Crippen molar-refractivity contribution in [1.29, 1.82) is 0 Å². The van der Waals surface area contributed by atoms with Crippen LogP contribution in [0.5, 0.6) is 0 Å². The van der Waals surface area contributed by atoms with Crippen molar-refractivity contribution in [2.75, 3.05) is 4.72 Å². The van der Waals surface area contributed by atoms with E-state index in [0.717, 1.165) is 0 Å². The van der Waals surface area contributed by atoms with Crippen molar-refractivity contribution in [2.24, 2.45) is 5.73 Å². The van der Waals surface area contributed by atoms with E-state index in [1.807, 2.05) is 0 Å². The Morgan fingerprint density at radius 1 is 1.19 bits per heavy atom. The SMILES string of the molecule is NC(=O)c1cccc(NS(=O)(=O)c2ccc(Cl)c(Br)c2)c1. The van der Waals surface area contributed by atoms with E-state index in [4.69, 9.17) is 17.3 Å². The van der Waals surface area contributed by atoms with Gasteiger partial charge in [0.2, 0.25) is 5.91 Å². The van der Waals surface area contributed by atoms with Crippen LogP contribution in [0.25, 0.3) is 0 Å². The minimum atomic E-state index is -3.79. The number of benzene rings is 2. The third-order valence-corrected chi connectivity index (χ3v) is 5.19. The summed E-state index contributed by atoms with van der Waals surface area (Å²) in [5, 5.41) is 0.407. The fourth-order valence-electron chi connectivity index (χ4n) is 1.59. The molecule has 0 unspecified atom stereocenters. The smallest absolute Gasteiger partial charge is 0.261 e. The van der Waals surface area contributed by atoms with Gasteiger partial charge in [-0.15, -0.1) is 0 Å². The summed E-state index contributed by atoms with van der Waals surface area (Å²) in [5.41, 5.74) is 5.62. The van der Waals surface area contributed by atoms with Gasteiger partial charge in [-0.25, -0.2) is 8.42 Å². The molecule has 5 nitrogen and oxygen atoms in total. The van der Waals surface area contributed by atoms with Crippen LogP contribution in [0.3, 0.4) is 0 Å². The van der Waals surface area contributed by atoms with Gasteiger partial charge < -0.3 is 5.73 Å². The number of carbonyl (C=O) groups excluding carboxylic acids is 1. The number of nitrogens with two attached hydrogens (primary N) is 1. The molecule has 0 fully saturated rings. The van der Waals surface area contributed by atoms with E-state index in [1.54, 1.807) is 0 Å². The van der Waals surface area contributed by atoms with Gasteiger partial charge in [-0.3, -0.25) is 9.52 Å². The monoisotopic (exact) mass is 388 g/mol. The first-order valence-corrected chi connectivity index (χ1v) is 8.33. The summed E-state index contributed by atoms with van der Waals surface area (Å²) in [7, 11) is -3.79. The average Bonchev–Trinajstić information content (AvgIpc) is 2.41. The lowest BCUT2D eigenvalue weighted by Crippen LogP contribution is -2.15. The molecule has 0 atom stereocenters. The summed E-state index contributed by atoms with van der Waals surface area (Å²) in [6.07, 6.45) is 0. The molecule has 0 aromatic heterocycles. The fraction of sp³-hybridized carbons (Fsp3) is 0. The Balaban J connectivity index is 2.35. The van der Waals surface area contributed by atoms with Crippen molar-refractivity contribution in [3.05, 3.63) is 57.5 Å². The molecule has 2 aromatic carbocycles. The van der Waals surface area contributed by atoms with E-state index < -0.39 is 15.9 Å². The highest BCUT2D eigenvalue weighted by molar-refractivity contribution is 9.10. The Kier molecular flexibility index (Phi) is 4.55. The van der Waals surface area contributed by atoms with E-state index in [-0.39, 0.29) is 16.1 Å². The molecule has 2 aromatic rings. The molecule has 0 saturated carbocycles. The number of amides is 1. The summed E-state index contributed by atoms with van der Waals surface area (Å²) < 4.78 is 27.4. The number of hydrogen-bond donors (Lipinski definition) is 2. The van der Waals surface area contributed by atoms with Crippen LogP contribution in [0.1, 0.15) is 10.4 Å². The van der Waals surface area contributed by atoms with Crippen molar-refractivity contribution in [1.82, 2.24) is 0 Å². The second-order valence-corrected chi connectivity index (χ2v) is 7.07. The summed E-state index contributed by atoms with van der Waals surface area (Å²) in [6, 6.07) is 10.2. The molecule has 21 heavy (non-hydrogen) atoms. The number of nitrogens with one attached hydrogen (secondary N) is 1. The van der Waals surface area contributed by atoms with Gasteiger partial charge >= 0.3 is 0 Å². The highest BCUT2D eigenvalue weighted by atomic mass is 79.9. The van der Waals surface area contributed by atoms with Crippen LogP contribution < -0.4 is 10.5 Å². The van der Waals surface area contributed by atoms with Gasteiger partial charge in [0.15, 0.2) is 0 Å². The van der Waals surface area contributed by atoms with Crippen LogP contribution >= 0.6 is 27.5 Å². The Bertz CT molecular complexity index is 809. The quantitative estimate of drug-likeness (QED) is 0.842. The Morgan fingerprint density at radius 2 is 1.90 bits per heavy atom. The maximum atomic E-state index is 12.3. The van der Waals surface area contributed by atoms with E-state index in [2.05, 4.69) is 20.7 Å². The zero-order valence-corrected chi connectivity index (χ0v) is 13.7. The van der Waals surface area contributed by atoms with Gasteiger partial charge in [0.05, 0.1) is 9.92 Å². The predicted molar refractivity (Wildman–Crippen MR) is 84.9 cm³/mol. The van der Waals surface area contributed by atoms with Crippen LogP contribution in [0.4, 0.5) is 5.69 Å². The third kappa shape index (κ3) is 3.75. The molecule has 0 radical (unpaired) electrons. The van der Waals surface area contributed by atoms with Gasteiger partial charge in [0.1, 0.15) is 0 Å². The number of halogens is 2. The van der Waals surface area contributed by atoms with Crippen molar-refractivity contribution >= 4 is 49.1 Å². The van der Waals surface area contributed by atoms with Crippen molar-refractivity contribution in [3.63, 3.8) is 0 Å². The summed E-state index contributed by atoms with van der Waals surface area (Å²) in [5.74, 6) is -0.634. The summed E-state index contributed by atoms with van der Waals surface area (Å²) in [4.78, 5) is 11.1. The number of anilines is 1. The Morgan fingerprint density at radius 3 is 2.52 bits per heavy atom. The zero-order valence-electron chi connectivity index (χ0n) is 10.5. The van der Waals surface area contributed by atoms with Crippen LogP contribution in [-0.4, -0.2) is 14.3 Å². The van der Waals surface area contributed by atoms with Crippen LogP contribution in [-0.2, 0) is 10.0 Å². The average molecular weight is 390 g/mol. The predicted octanol–water partition coefficient (Wildman–Crippen LogP) is 3.00. The van der Waals surface area contributed by atoms with Gasteiger partial charge in [-0.05, 0) is 52.3 Å².